The Hall–Kier alpha value is 1.04. The number of nitrogens with two attached hydrogens (primary N) is 1. The van der Waals surface area contributed by atoms with Gasteiger partial charge in [-0.05, 0) is 0 Å². The zero-order chi connectivity index (χ0) is 23.2. The summed E-state index contributed by atoms with van der Waals surface area (Å²) < 4.78 is 50.7. The van der Waals surface area contributed by atoms with E-state index in [4.69, 9.17) is 15.4 Å². The summed E-state index contributed by atoms with van der Waals surface area (Å²) in [6.07, 6.45) is -3.92. The molecule has 5 N–H and O–H groups in total. The Morgan fingerprint density at radius 1 is 1.12 bits per heavy atom. The number of nitrogen functional groups attached to an aromatic ring is 1. The number of imidazole rings is 1. The molecule has 2 aromatic rings. The van der Waals surface area contributed by atoms with Crippen LogP contribution in [-0.4, -0.2) is 82.6 Å². The Bertz CT molecular complexity index is 1120. The number of fused-ring (bicyclic) bond motifs is 1. The molecule has 3 heterocycles. The van der Waals surface area contributed by atoms with Gasteiger partial charge in [0.1, 0.15) is 30.2 Å². The molecule has 0 spiro atoms. The van der Waals surface area contributed by atoms with Crippen LogP contribution in [0.3, 0.4) is 0 Å². The van der Waals surface area contributed by atoms with Gasteiger partial charge >= 0.3 is 82.3 Å². The molecule has 18 nitrogen and oxygen atoms in total. The molecule has 1 aliphatic rings. The van der Waals surface area contributed by atoms with Crippen molar-refractivity contribution in [1.82, 2.24) is 19.5 Å². The molecule has 0 amide bonds. The van der Waals surface area contributed by atoms with E-state index in [1.807, 2.05) is 0 Å². The summed E-state index contributed by atoms with van der Waals surface area (Å²) in [6, 6.07) is 0. The van der Waals surface area contributed by atoms with E-state index in [0.29, 0.717) is 0 Å². The standard InChI is InChI=1S/C10H16N5O13P3.K.Mg/c11-8-5-9(13-2-12-8)15(3-14-5)10-7(17)6(16)4(26-10)1-25-30(21,22)28-31(23,24)27-29(18,19)20;;/h2-4,6-7,10,16-17H,1H2,(H,21,22)(H,23,24)(H2,11,12,13)(H2,18,19,20);;/q;+1;+2/p-3/t4-,6-,7-,10-;;/m1../s1. The van der Waals surface area contributed by atoms with Crippen molar-refractivity contribution >= 4 is 63.5 Å². The zero-order valence-electron chi connectivity index (χ0n) is 16.5. The van der Waals surface area contributed by atoms with Gasteiger partial charge < -0.3 is 49.3 Å². The van der Waals surface area contributed by atoms with E-state index in [1.54, 1.807) is 0 Å². The number of nitrogens with zero attached hydrogens (tertiary/aromatic N) is 4. The van der Waals surface area contributed by atoms with Crippen molar-refractivity contribution in [1.29, 1.82) is 0 Å². The number of ether oxygens (including phenoxy) is 1. The Morgan fingerprint density at radius 3 is 2.36 bits per heavy atom. The first-order valence-electron chi connectivity index (χ1n) is 7.87. The minimum atomic E-state index is -6.07. The molecule has 0 saturated carbocycles. The third kappa shape index (κ3) is 8.27. The normalized spacial score (nSPS) is 26.7. The van der Waals surface area contributed by atoms with Crippen molar-refractivity contribution in [2.45, 2.75) is 24.5 Å². The number of phosphoric ester groups is 1. The van der Waals surface area contributed by atoms with E-state index in [-0.39, 0.29) is 91.4 Å². The number of anilines is 1. The molecule has 1 aliphatic heterocycles. The Morgan fingerprint density at radius 2 is 1.76 bits per heavy atom. The molecule has 1 saturated heterocycles. The van der Waals surface area contributed by atoms with Gasteiger partial charge in [0.05, 0.1) is 20.8 Å². The number of hydrogen-bond acceptors (Lipinski definition) is 16. The number of rotatable bonds is 8. The fourth-order valence-corrected chi connectivity index (χ4v) is 5.54. The van der Waals surface area contributed by atoms with Crippen molar-refractivity contribution < 1.29 is 113 Å². The van der Waals surface area contributed by atoms with Gasteiger partial charge in [0.2, 0.25) is 0 Å². The number of aliphatic hydroxyl groups excluding tert-OH is 2. The number of hydrogen-bond donors (Lipinski definition) is 4. The van der Waals surface area contributed by atoms with Crippen LogP contribution in [0.5, 0.6) is 0 Å². The summed E-state index contributed by atoms with van der Waals surface area (Å²) in [6.45, 7) is -1.05. The molecular weight excluding hydrogens is 554 g/mol. The van der Waals surface area contributed by atoms with Crippen LogP contribution >= 0.6 is 23.5 Å². The molecule has 6 atom stereocenters. The van der Waals surface area contributed by atoms with Gasteiger partial charge in [0.15, 0.2) is 17.7 Å². The number of phosphoric acid groups is 3. The van der Waals surface area contributed by atoms with E-state index in [2.05, 4.69) is 28.1 Å². The summed E-state index contributed by atoms with van der Waals surface area (Å²) in [7, 11) is -17.7. The van der Waals surface area contributed by atoms with Crippen LogP contribution in [0.4, 0.5) is 5.82 Å². The van der Waals surface area contributed by atoms with Crippen LogP contribution in [0.25, 0.3) is 11.2 Å². The van der Waals surface area contributed by atoms with Crippen molar-refractivity contribution in [3.63, 3.8) is 0 Å². The van der Waals surface area contributed by atoms with Crippen molar-refractivity contribution in [2.75, 3.05) is 12.3 Å². The van der Waals surface area contributed by atoms with E-state index in [0.717, 1.165) is 6.33 Å². The molecule has 0 aromatic carbocycles. The maximum atomic E-state index is 11.6. The van der Waals surface area contributed by atoms with Gasteiger partial charge in [-0.25, -0.2) is 23.8 Å². The van der Waals surface area contributed by atoms with Gasteiger partial charge in [0.25, 0.3) is 7.82 Å². The van der Waals surface area contributed by atoms with Crippen LogP contribution in [0.15, 0.2) is 12.7 Å². The molecule has 3 rings (SSSR count). The average Bonchev–Trinajstić information content (AvgIpc) is 3.13. The first kappa shape index (κ1) is 32.1. The largest absolute Gasteiger partial charge is 2.00 e. The van der Waals surface area contributed by atoms with Crippen molar-refractivity contribution in [3.05, 3.63) is 12.7 Å². The van der Waals surface area contributed by atoms with Crippen molar-refractivity contribution in [3.8, 4) is 0 Å². The summed E-state index contributed by atoms with van der Waals surface area (Å²) in [5, 5.41) is 20.3. The smallest absolute Gasteiger partial charge is 0.789 e. The molecule has 0 aliphatic carbocycles. The zero-order valence-corrected chi connectivity index (χ0v) is 23.7. The van der Waals surface area contributed by atoms with E-state index >= 15 is 0 Å². The number of aliphatic hydroxyl groups is 2. The van der Waals surface area contributed by atoms with Crippen LogP contribution in [0.1, 0.15) is 6.23 Å². The Balaban J connectivity index is 0.00000272. The fraction of sp³-hybridized carbons (Fsp3) is 0.500. The van der Waals surface area contributed by atoms with Crippen LogP contribution < -0.4 is 71.8 Å². The van der Waals surface area contributed by atoms with Gasteiger partial charge in [-0.15, -0.1) is 0 Å². The van der Waals surface area contributed by atoms with Gasteiger partial charge in [0, 0.05) is 0 Å². The topological polar surface area (TPSA) is 288 Å². The van der Waals surface area contributed by atoms with E-state index < -0.39 is 54.6 Å². The minimum absolute atomic E-state index is 0. The minimum Gasteiger partial charge on any atom is -0.789 e. The third-order valence-corrected chi connectivity index (χ3v) is 7.52. The van der Waals surface area contributed by atoms with Gasteiger partial charge in [-0.1, -0.05) is 0 Å². The fourth-order valence-electron chi connectivity index (χ4n) is 2.61. The van der Waals surface area contributed by atoms with Crippen molar-refractivity contribution in [2.24, 2.45) is 0 Å². The summed E-state index contributed by atoms with van der Waals surface area (Å²) in [5.74, 6) is 0.0254. The second-order valence-corrected chi connectivity index (χ2v) is 10.2. The maximum Gasteiger partial charge on any atom is 2.00 e. The molecule has 1 fully saturated rings. The van der Waals surface area contributed by atoms with Crippen LogP contribution in [-0.2, 0) is 31.6 Å². The second kappa shape index (κ2) is 12.1. The molecule has 23 heteroatoms. The van der Waals surface area contributed by atoms with Gasteiger partial charge in [-0.3, -0.25) is 13.4 Å². The predicted octanol–water partition coefficient (Wildman–Crippen LogP) is -6.90. The van der Waals surface area contributed by atoms with Gasteiger partial charge in [-0.2, -0.15) is 0 Å². The average molecular weight is 568 g/mol. The molecule has 0 radical (unpaired) electrons. The second-order valence-electron chi connectivity index (χ2n) is 5.95. The SMILES string of the molecule is Nc1ncnc2c1ncn2[C@@H]1O[C@H](COP(=O)([O-])OP(=O)(O)OP(=O)([O-])[O-])[C@@H](O)[C@H]1O.[K+].[Mg+2]. The quantitative estimate of drug-likeness (QED) is 0.170. The molecule has 174 valence electrons. The van der Waals surface area contributed by atoms with Crippen LogP contribution in [0, 0.1) is 0 Å². The molecular formula is C10H13KMgN5O13P3. The first-order chi connectivity index (χ1) is 14.2. The third-order valence-electron chi connectivity index (χ3n) is 3.80. The summed E-state index contributed by atoms with van der Waals surface area (Å²) in [5.41, 5.74) is 5.94. The Labute approximate surface area is 242 Å². The molecule has 2 aromatic heterocycles. The molecule has 0 bridgehead atoms. The van der Waals surface area contributed by atoms with E-state index in [9.17, 15) is 38.6 Å². The first-order valence-corrected chi connectivity index (χ1v) is 12.3. The molecule has 2 unspecified atom stereocenters. The number of aromatic nitrogens is 4. The summed E-state index contributed by atoms with van der Waals surface area (Å²) in [4.78, 5) is 52.9. The summed E-state index contributed by atoms with van der Waals surface area (Å²) >= 11 is 0. The molecule has 33 heavy (non-hydrogen) atoms. The maximum absolute atomic E-state index is 11.6. The van der Waals surface area contributed by atoms with E-state index in [1.165, 1.54) is 10.9 Å². The predicted molar refractivity (Wildman–Crippen MR) is 94.6 cm³/mol. The van der Waals surface area contributed by atoms with Crippen LogP contribution in [0.2, 0.25) is 0 Å². The Kier molecular flexibility index (Phi) is 11.7. The monoisotopic (exact) mass is 567 g/mol.